The van der Waals surface area contributed by atoms with E-state index in [-0.39, 0.29) is 5.56 Å². The molecule has 126 valence electrons. The Hall–Kier alpha value is -1.13. The summed E-state index contributed by atoms with van der Waals surface area (Å²) in [5.74, 6) is 0. The zero-order chi connectivity index (χ0) is 16.2. The molecule has 1 aromatic rings. The van der Waals surface area contributed by atoms with Gasteiger partial charge >= 0.3 is 0 Å². The molecular weight excluding hydrogens is 274 g/mol. The average molecular weight is 307 g/mol. The van der Waals surface area contributed by atoms with Gasteiger partial charge in [0.1, 0.15) is 0 Å². The van der Waals surface area contributed by atoms with Gasteiger partial charge in [-0.2, -0.15) is 0 Å². The third-order valence-corrected chi connectivity index (χ3v) is 4.17. The summed E-state index contributed by atoms with van der Waals surface area (Å²) >= 11 is 0. The first-order valence-electron chi connectivity index (χ1n) is 8.58. The first-order valence-corrected chi connectivity index (χ1v) is 8.58. The van der Waals surface area contributed by atoms with Crippen LogP contribution in [0, 0.1) is 0 Å². The zero-order valence-electron chi connectivity index (χ0n) is 14.6. The van der Waals surface area contributed by atoms with E-state index in [2.05, 4.69) is 23.9 Å². The van der Waals surface area contributed by atoms with Crippen LogP contribution in [-0.2, 0) is 7.05 Å². The van der Waals surface area contributed by atoms with Gasteiger partial charge in [0.25, 0.3) is 0 Å². The quantitative estimate of drug-likeness (QED) is 0.737. The van der Waals surface area contributed by atoms with Crippen LogP contribution >= 0.6 is 0 Å². The molecule has 3 heterocycles. The van der Waals surface area contributed by atoms with E-state index in [4.69, 9.17) is 0 Å². The molecule has 0 spiro atoms. The van der Waals surface area contributed by atoms with Crippen LogP contribution in [0.2, 0.25) is 0 Å². The molecule has 0 saturated carbocycles. The second kappa shape index (κ2) is 11.4. The van der Waals surface area contributed by atoms with Gasteiger partial charge in [0.15, 0.2) is 0 Å². The highest BCUT2D eigenvalue weighted by Crippen LogP contribution is 2.05. The number of aryl methyl sites for hydroxylation is 1. The molecular formula is C18H33N3O. The number of hydrogen-bond acceptors (Lipinski definition) is 3. The van der Waals surface area contributed by atoms with E-state index < -0.39 is 0 Å². The lowest BCUT2D eigenvalue weighted by Gasteiger charge is -2.20. The number of pyridine rings is 1. The molecule has 0 unspecified atom stereocenters. The number of aromatic nitrogens is 1. The summed E-state index contributed by atoms with van der Waals surface area (Å²) in [7, 11) is 6.11. The van der Waals surface area contributed by atoms with Crippen molar-refractivity contribution in [3.05, 3.63) is 34.7 Å². The van der Waals surface area contributed by atoms with Crippen molar-refractivity contribution < 1.29 is 0 Å². The molecule has 0 amide bonds. The standard InChI is InChI=1S/C6H7NO.2C6H13N/c1-7-5-3-2-4-6(7)8;2*1-7-5-3-2-4-6-7/h2-5H,1H3;2*2-6H2,1H3. The van der Waals surface area contributed by atoms with Gasteiger partial charge in [-0.05, 0) is 72.0 Å². The second-order valence-corrected chi connectivity index (χ2v) is 6.38. The highest BCUT2D eigenvalue weighted by molar-refractivity contribution is 4.91. The van der Waals surface area contributed by atoms with Gasteiger partial charge in [-0.1, -0.05) is 18.9 Å². The summed E-state index contributed by atoms with van der Waals surface area (Å²) in [6.45, 7) is 5.28. The van der Waals surface area contributed by atoms with Gasteiger partial charge in [-0.3, -0.25) is 4.79 Å². The first kappa shape index (κ1) is 18.9. The molecule has 0 aromatic carbocycles. The molecule has 0 N–H and O–H groups in total. The Morgan fingerprint density at radius 3 is 1.41 bits per heavy atom. The van der Waals surface area contributed by atoms with Gasteiger partial charge < -0.3 is 14.4 Å². The second-order valence-electron chi connectivity index (χ2n) is 6.38. The Labute approximate surface area is 135 Å². The zero-order valence-corrected chi connectivity index (χ0v) is 14.6. The molecule has 0 radical (unpaired) electrons. The summed E-state index contributed by atoms with van der Waals surface area (Å²) in [4.78, 5) is 15.4. The van der Waals surface area contributed by atoms with Crippen molar-refractivity contribution >= 4 is 0 Å². The largest absolute Gasteiger partial charge is 0.319 e. The lowest BCUT2D eigenvalue weighted by atomic mass is 10.1. The average Bonchev–Trinajstić information content (AvgIpc) is 2.53. The molecule has 2 aliphatic heterocycles. The molecule has 0 atom stereocenters. The highest BCUT2D eigenvalue weighted by atomic mass is 16.1. The van der Waals surface area contributed by atoms with Crippen LogP contribution in [-0.4, -0.2) is 54.6 Å². The van der Waals surface area contributed by atoms with E-state index in [0.717, 1.165) is 0 Å². The molecule has 1 aromatic heterocycles. The van der Waals surface area contributed by atoms with Crippen molar-refractivity contribution in [1.29, 1.82) is 0 Å². The van der Waals surface area contributed by atoms with E-state index in [0.29, 0.717) is 0 Å². The summed E-state index contributed by atoms with van der Waals surface area (Å²) < 4.78 is 1.53. The van der Waals surface area contributed by atoms with Crippen molar-refractivity contribution in [3.8, 4) is 0 Å². The Morgan fingerprint density at radius 1 is 0.727 bits per heavy atom. The molecule has 2 saturated heterocycles. The summed E-state index contributed by atoms with van der Waals surface area (Å²) in [6.07, 6.45) is 10.3. The summed E-state index contributed by atoms with van der Waals surface area (Å²) in [6, 6.07) is 5.07. The minimum Gasteiger partial charge on any atom is -0.319 e. The van der Waals surface area contributed by atoms with Crippen molar-refractivity contribution in [2.24, 2.45) is 7.05 Å². The number of likely N-dealkylation sites (tertiary alicyclic amines) is 2. The van der Waals surface area contributed by atoms with E-state index in [1.165, 1.54) is 75.3 Å². The van der Waals surface area contributed by atoms with Crippen LogP contribution in [0.5, 0.6) is 0 Å². The number of piperidine rings is 2. The van der Waals surface area contributed by atoms with Crippen LogP contribution in [0.4, 0.5) is 0 Å². The van der Waals surface area contributed by atoms with E-state index in [9.17, 15) is 4.79 Å². The van der Waals surface area contributed by atoms with Crippen molar-refractivity contribution in [2.75, 3.05) is 40.3 Å². The van der Waals surface area contributed by atoms with E-state index in [1.807, 2.05) is 6.07 Å². The normalized spacial score (nSPS) is 19.4. The van der Waals surface area contributed by atoms with Gasteiger partial charge in [-0.25, -0.2) is 0 Å². The van der Waals surface area contributed by atoms with Crippen LogP contribution < -0.4 is 5.56 Å². The third-order valence-electron chi connectivity index (χ3n) is 4.17. The maximum absolute atomic E-state index is 10.6. The van der Waals surface area contributed by atoms with Crippen LogP contribution in [0.3, 0.4) is 0 Å². The number of nitrogens with zero attached hydrogens (tertiary/aromatic N) is 3. The molecule has 0 aliphatic carbocycles. The number of hydrogen-bond donors (Lipinski definition) is 0. The molecule has 2 fully saturated rings. The van der Waals surface area contributed by atoms with E-state index >= 15 is 0 Å². The number of rotatable bonds is 0. The van der Waals surface area contributed by atoms with Crippen LogP contribution in [0.1, 0.15) is 38.5 Å². The third kappa shape index (κ3) is 9.00. The minimum atomic E-state index is 0.0347. The molecule has 4 heteroatoms. The lowest BCUT2D eigenvalue weighted by molar-refractivity contribution is 0.277. The van der Waals surface area contributed by atoms with Gasteiger partial charge in [0, 0.05) is 19.3 Å². The molecule has 22 heavy (non-hydrogen) atoms. The maximum Gasteiger partial charge on any atom is 0.250 e. The Balaban J connectivity index is 0.000000166. The first-order chi connectivity index (χ1) is 10.6. The fraction of sp³-hybridized carbons (Fsp3) is 0.722. The Kier molecular flexibility index (Phi) is 9.84. The van der Waals surface area contributed by atoms with Crippen molar-refractivity contribution in [3.63, 3.8) is 0 Å². The van der Waals surface area contributed by atoms with Gasteiger partial charge in [0.05, 0.1) is 0 Å². The van der Waals surface area contributed by atoms with Crippen LogP contribution in [0.15, 0.2) is 29.2 Å². The molecule has 3 rings (SSSR count). The molecule has 4 nitrogen and oxygen atoms in total. The predicted molar refractivity (Wildman–Crippen MR) is 94.4 cm³/mol. The van der Waals surface area contributed by atoms with E-state index in [1.54, 1.807) is 19.3 Å². The fourth-order valence-corrected chi connectivity index (χ4v) is 2.61. The fourth-order valence-electron chi connectivity index (χ4n) is 2.61. The van der Waals surface area contributed by atoms with Crippen molar-refractivity contribution in [2.45, 2.75) is 38.5 Å². The Morgan fingerprint density at radius 2 is 1.18 bits per heavy atom. The SMILES string of the molecule is CN1CCCCC1.CN1CCCCC1.Cn1ccccc1=O. The highest BCUT2D eigenvalue weighted by Gasteiger charge is 2.02. The van der Waals surface area contributed by atoms with Gasteiger partial charge in [0.2, 0.25) is 5.56 Å². The monoisotopic (exact) mass is 307 g/mol. The topological polar surface area (TPSA) is 28.5 Å². The smallest absolute Gasteiger partial charge is 0.250 e. The van der Waals surface area contributed by atoms with Crippen molar-refractivity contribution in [1.82, 2.24) is 14.4 Å². The summed E-state index contributed by atoms with van der Waals surface area (Å²) in [5.41, 5.74) is 0.0347. The Bertz CT molecular complexity index is 416. The maximum atomic E-state index is 10.6. The van der Waals surface area contributed by atoms with Gasteiger partial charge in [-0.15, -0.1) is 0 Å². The summed E-state index contributed by atoms with van der Waals surface area (Å²) in [5, 5.41) is 0. The van der Waals surface area contributed by atoms with Crippen LogP contribution in [0.25, 0.3) is 0 Å². The lowest BCUT2D eigenvalue weighted by Crippen LogP contribution is -2.24. The molecule has 0 bridgehead atoms. The molecule has 2 aliphatic rings. The predicted octanol–water partition coefficient (Wildman–Crippen LogP) is 2.59. The minimum absolute atomic E-state index is 0.0347.